The van der Waals surface area contributed by atoms with Gasteiger partial charge in [-0.25, -0.2) is 0 Å². The Morgan fingerprint density at radius 3 is 2.26 bits per heavy atom. The Kier molecular flexibility index (Phi) is 8.06. The van der Waals surface area contributed by atoms with Gasteiger partial charge >= 0.3 is 0 Å². The van der Waals surface area contributed by atoms with Gasteiger partial charge in [-0.1, -0.05) is 78.6 Å². The lowest BCUT2D eigenvalue weighted by Crippen LogP contribution is -2.43. The summed E-state index contributed by atoms with van der Waals surface area (Å²) in [5.41, 5.74) is -0.337. The Balaban J connectivity index is 2.21. The Morgan fingerprint density at radius 1 is 1.00 bits per heavy atom. The van der Waals surface area contributed by atoms with Crippen LogP contribution in [-0.4, -0.2) is 10.7 Å². The summed E-state index contributed by atoms with van der Waals surface area (Å²) in [6, 6.07) is 0. The first-order valence-electron chi connectivity index (χ1n) is 8.82. The van der Waals surface area contributed by atoms with Gasteiger partial charge in [-0.3, -0.25) is 0 Å². The summed E-state index contributed by atoms with van der Waals surface area (Å²) < 4.78 is 0. The molecule has 2 atom stereocenters. The molecular formula is C18H36O. The maximum atomic E-state index is 10.9. The molecule has 1 aliphatic rings. The summed E-state index contributed by atoms with van der Waals surface area (Å²) >= 11 is 0. The van der Waals surface area contributed by atoms with Gasteiger partial charge in [-0.05, 0) is 31.1 Å². The fourth-order valence-electron chi connectivity index (χ4n) is 3.90. The molecule has 19 heavy (non-hydrogen) atoms. The van der Waals surface area contributed by atoms with E-state index in [2.05, 4.69) is 20.8 Å². The van der Waals surface area contributed by atoms with Crippen molar-refractivity contribution in [3.8, 4) is 0 Å². The highest BCUT2D eigenvalue weighted by molar-refractivity contribution is 4.91. The highest BCUT2D eigenvalue weighted by Gasteiger charge is 2.39. The molecule has 1 saturated carbocycles. The summed E-state index contributed by atoms with van der Waals surface area (Å²) in [6.07, 6.45) is 15.3. The molecule has 0 aromatic carbocycles. The second kappa shape index (κ2) is 9.00. The molecule has 1 N–H and O–H groups in total. The van der Waals surface area contributed by atoms with Gasteiger partial charge in [0.25, 0.3) is 0 Å². The molecule has 2 unspecified atom stereocenters. The van der Waals surface area contributed by atoms with Gasteiger partial charge in [0.05, 0.1) is 5.60 Å². The lowest BCUT2D eigenvalue weighted by molar-refractivity contribution is -0.0734. The lowest BCUT2D eigenvalue weighted by Gasteiger charge is -2.42. The molecule has 0 bridgehead atoms. The fourth-order valence-corrected chi connectivity index (χ4v) is 3.90. The van der Waals surface area contributed by atoms with E-state index in [4.69, 9.17) is 0 Å². The predicted molar refractivity (Wildman–Crippen MR) is 84.4 cm³/mol. The van der Waals surface area contributed by atoms with Crippen LogP contribution in [-0.2, 0) is 0 Å². The first kappa shape index (κ1) is 17.0. The van der Waals surface area contributed by atoms with E-state index in [0.29, 0.717) is 11.8 Å². The van der Waals surface area contributed by atoms with Gasteiger partial charge in [-0.15, -0.1) is 0 Å². The summed E-state index contributed by atoms with van der Waals surface area (Å²) in [4.78, 5) is 0. The third kappa shape index (κ3) is 5.85. The van der Waals surface area contributed by atoms with Crippen LogP contribution in [0, 0.1) is 11.8 Å². The van der Waals surface area contributed by atoms with Crippen molar-refractivity contribution in [2.75, 3.05) is 0 Å². The van der Waals surface area contributed by atoms with Crippen LogP contribution in [0.25, 0.3) is 0 Å². The molecule has 0 radical (unpaired) electrons. The van der Waals surface area contributed by atoms with Crippen molar-refractivity contribution in [3.05, 3.63) is 0 Å². The fraction of sp³-hybridized carbons (Fsp3) is 1.00. The van der Waals surface area contributed by atoms with Crippen molar-refractivity contribution in [1.82, 2.24) is 0 Å². The van der Waals surface area contributed by atoms with E-state index in [9.17, 15) is 5.11 Å². The molecule has 0 aliphatic heterocycles. The van der Waals surface area contributed by atoms with E-state index in [1.54, 1.807) is 0 Å². The normalized spacial score (nSPS) is 27.9. The van der Waals surface area contributed by atoms with Gasteiger partial charge in [0, 0.05) is 0 Å². The monoisotopic (exact) mass is 268 g/mol. The van der Waals surface area contributed by atoms with Gasteiger partial charge in [-0.2, -0.15) is 0 Å². The van der Waals surface area contributed by atoms with E-state index in [1.165, 1.54) is 64.2 Å². The molecule has 0 amide bonds. The highest BCUT2D eigenvalue weighted by Crippen LogP contribution is 2.41. The summed E-state index contributed by atoms with van der Waals surface area (Å²) in [7, 11) is 0. The highest BCUT2D eigenvalue weighted by atomic mass is 16.3. The van der Waals surface area contributed by atoms with Crippen LogP contribution in [0.2, 0.25) is 0 Å². The molecule has 0 saturated heterocycles. The molecule has 0 heterocycles. The number of aliphatic hydroxyl groups is 1. The lowest BCUT2D eigenvalue weighted by atomic mass is 9.68. The van der Waals surface area contributed by atoms with E-state index < -0.39 is 0 Å². The largest absolute Gasteiger partial charge is 0.390 e. The predicted octanol–water partition coefficient (Wildman–Crippen LogP) is 5.70. The second-order valence-corrected chi connectivity index (χ2v) is 7.07. The Hall–Kier alpha value is -0.0400. The van der Waals surface area contributed by atoms with Gasteiger partial charge in [0.2, 0.25) is 0 Å². The first-order valence-corrected chi connectivity index (χ1v) is 8.82. The third-order valence-electron chi connectivity index (χ3n) is 5.08. The third-order valence-corrected chi connectivity index (χ3v) is 5.08. The van der Waals surface area contributed by atoms with Gasteiger partial charge in [0.1, 0.15) is 0 Å². The molecular weight excluding hydrogens is 232 g/mol. The minimum Gasteiger partial charge on any atom is -0.390 e. The van der Waals surface area contributed by atoms with E-state index in [0.717, 1.165) is 12.8 Å². The second-order valence-electron chi connectivity index (χ2n) is 7.07. The quantitative estimate of drug-likeness (QED) is 0.531. The molecule has 0 spiro atoms. The van der Waals surface area contributed by atoms with E-state index in [-0.39, 0.29) is 5.60 Å². The zero-order chi connectivity index (χ0) is 14.1. The average Bonchev–Trinajstić information content (AvgIpc) is 2.38. The van der Waals surface area contributed by atoms with Crippen molar-refractivity contribution in [2.24, 2.45) is 11.8 Å². The summed E-state index contributed by atoms with van der Waals surface area (Å²) in [5.74, 6) is 1.18. The zero-order valence-electron chi connectivity index (χ0n) is 13.6. The number of unbranched alkanes of at least 4 members (excludes halogenated alkanes) is 6. The number of hydrogen-bond acceptors (Lipinski definition) is 1. The molecule has 1 fully saturated rings. The van der Waals surface area contributed by atoms with Crippen molar-refractivity contribution in [3.63, 3.8) is 0 Å². The van der Waals surface area contributed by atoms with Crippen molar-refractivity contribution in [2.45, 2.75) is 103 Å². The Morgan fingerprint density at radius 2 is 1.63 bits per heavy atom. The van der Waals surface area contributed by atoms with E-state index in [1.807, 2.05) is 0 Å². The zero-order valence-corrected chi connectivity index (χ0v) is 13.6. The summed E-state index contributed by atoms with van der Waals surface area (Å²) in [5, 5.41) is 10.9. The maximum Gasteiger partial charge on any atom is 0.0678 e. The van der Waals surface area contributed by atoms with Crippen LogP contribution in [0.15, 0.2) is 0 Å². The molecule has 1 nitrogen and oxygen atoms in total. The van der Waals surface area contributed by atoms with Crippen LogP contribution < -0.4 is 0 Å². The van der Waals surface area contributed by atoms with Crippen LogP contribution in [0.3, 0.4) is 0 Å². The van der Waals surface area contributed by atoms with Crippen LogP contribution in [0.1, 0.15) is 97.8 Å². The smallest absolute Gasteiger partial charge is 0.0678 e. The molecule has 1 heteroatoms. The van der Waals surface area contributed by atoms with Crippen LogP contribution >= 0.6 is 0 Å². The molecule has 0 aromatic heterocycles. The molecule has 0 aromatic rings. The van der Waals surface area contributed by atoms with Crippen LogP contribution in [0.4, 0.5) is 0 Å². The number of rotatable bonds is 9. The minimum absolute atomic E-state index is 0.337. The van der Waals surface area contributed by atoms with Crippen LogP contribution in [0.5, 0.6) is 0 Å². The Bertz CT molecular complexity index is 224. The van der Waals surface area contributed by atoms with Crippen molar-refractivity contribution in [1.29, 1.82) is 0 Å². The molecule has 114 valence electrons. The van der Waals surface area contributed by atoms with Gasteiger partial charge in [0.15, 0.2) is 0 Å². The standard InChI is InChI=1S/C18H36O/c1-4-5-6-7-8-9-11-14-18(19)15-12-10-13-17(18)16(2)3/h16-17,19H,4-15H2,1-3H3. The molecule has 1 aliphatic carbocycles. The van der Waals surface area contributed by atoms with Crippen molar-refractivity contribution >= 4 is 0 Å². The average molecular weight is 268 g/mol. The topological polar surface area (TPSA) is 20.2 Å². The first-order chi connectivity index (χ1) is 9.10. The van der Waals surface area contributed by atoms with Crippen molar-refractivity contribution < 1.29 is 5.11 Å². The Labute approximate surface area is 121 Å². The van der Waals surface area contributed by atoms with Gasteiger partial charge < -0.3 is 5.11 Å². The molecule has 1 rings (SSSR count). The minimum atomic E-state index is -0.337. The SMILES string of the molecule is CCCCCCCCCC1(O)CCCCC1C(C)C. The maximum absolute atomic E-state index is 10.9. The number of hydrogen-bond donors (Lipinski definition) is 1. The van der Waals surface area contributed by atoms with E-state index >= 15 is 0 Å². The summed E-state index contributed by atoms with van der Waals surface area (Å²) in [6.45, 7) is 6.84.